The standard InChI is InChI=1S/C13H24N2O/c1-5-12-14-10(6-8(2)3)13(16)15(12)11-7-9(11)4/h8-12,14H,5-7H2,1-4H3. The molecule has 1 aliphatic heterocycles. The molecule has 1 N–H and O–H groups in total. The second-order valence-corrected chi connectivity index (χ2v) is 5.80. The Morgan fingerprint density at radius 1 is 1.50 bits per heavy atom. The van der Waals surface area contributed by atoms with Crippen LogP contribution in [0.5, 0.6) is 0 Å². The Bertz CT molecular complexity index is 277. The molecule has 2 aliphatic rings. The Balaban J connectivity index is 2.03. The summed E-state index contributed by atoms with van der Waals surface area (Å²) in [6.07, 6.45) is 3.46. The van der Waals surface area contributed by atoms with Crippen LogP contribution in [0.3, 0.4) is 0 Å². The van der Waals surface area contributed by atoms with Crippen LogP contribution in [0.1, 0.15) is 47.0 Å². The highest BCUT2D eigenvalue weighted by Gasteiger charge is 2.49. The Labute approximate surface area is 98.6 Å². The van der Waals surface area contributed by atoms with E-state index in [0.29, 0.717) is 23.8 Å². The second-order valence-electron chi connectivity index (χ2n) is 5.80. The van der Waals surface area contributed by atoms with Crippen molar-refractivity contribution in [1.82, 2.24) is 10.2 Å². The Morgan fingerprint density at radius 3 is 2.56 bits per heavy atom. The van der Waals surface area contributed by atoms with Crippen LogP contribution in [0.15, 0.2) is 0 Å². The van der Waals surface area contributed by atoms with Crippen LogP contribution in [0.25, 0.3) is 0 Å². The molecule has 1 amide bonds. The van der Waals surface area contributed by atoms with Gasteiger partial charge < -0.3 is 4.90 Å². The summed E-state index contributed by atoms with van der Waals surface area (Å²) in [5.74, 6) is 1.63. The first-order chi connectivity index (χ1) is 7.54. The minimum absolute atomic E-state index is 0.0674. The van der Waals surface area contributed by atoms with E-state index in [2.05, 4.69) is 37.9 Å². The van der Waals surface area contributed by atoms with E-state index in [4.69, 9.17) is 0 Å². The van der Waals surface area contributed by atoms with Crippen molar-refractivity contribution >= 4 is 5.91 Å². The molecule has 0 bridgehead atoms. The molecule has 2 fully saturated rings. The van der Waals surface area contributed by atoms with Crippen LogP contribution < -0.4 is 5.32 Å². The zero-order valence-electron chi connectivity index (χ0n) is 10.9. The minimum Gasteiger partial charge on any atom is -0.323 e. The Morgan fingerprint density at radius 2 is 2.12 bits per heavy atom. The molecule has 3 nitrogen and oxygen atoms in total. The second kappa shape index (κ2) is 4.36. The predicted octanol–water partition coefficient (Wildman–Crippen LogP) is 1.98. The van der Waals surface area contributed by atoms with Crippen molar-refractivity contribution in [3.63, 3.8) is 0 Å². The maximum absolute atomic E-state index is 12.3. The van der Waals surface area contributed by atoms with Gasteiger partial charge in [-0.2, -0.15) is 0 Å². The summed E-state index contributed by atoms with van der Waals surface area (Å²) in [5, 5.41) is 3.49. The first-order valence-corrected chi connectivity index (χ1v) is 6.62. The normalized spacial score (nSPS) is 38.6. The van der Waals surface area contributed by atoms with E-state index in [9.17, 15) is 4.79 Å². The van der Waals surface area contributed by atoms with Gasteiger partial charge in [0.05, 0.1) is 12.2 Å². The fraction of sp³-hybridized carbons (Fsp3) is 0.923. The summed E-state index contributed by atoms with van der Waals surface area (Å²) in [6.45, 7) is 8.75. The zero-order valence-corrected chi connectivity index (χ0v) is 10.9. The predicted molar refractivity (Wildman–Crippen MR) is 64.9 cm³/mol. The zero-order chi connectivity index (χ0) is 11.9. The molecule has 4 atom stereocenters. The highest BCUT2D eigenvalue weighted by Crippen LogP contribution is 2.38. The molecule has 0 aromatic rings. The van der Waals surface area contributed by atoms with Crippen LogP contribution in [0.2, 0.25) is 0 Å². The minimum atomic E-state index is 0.0674. The number of nitrogens with one attached hydrogen (secondary N) is 1. The van der Waals surface area contributed by atoms with Gasteiger partial charge in [-0.05, 0) is 31.1 Å². The number of rotatable bonds is 4. The molecule has 0 aromatic carbocycles. The quantitative estimate of drug-likeness (QED) is 0.792. The van der Waals surface area contributed by atoms with E-state index in [1.54, 1.807) is 0 Å². The SMILES string of the molecule is CCC1NC(CC(C)C)C(=O)N1C1CC1C. The Kier molecular flexibility index (Phi) is 3.24. The summed E-state index contributed by atoms with van der Waals surface area (Å²) in [6, 6.07) is 0.583. The van der Waals surface area contributed by atoms with Crippen molar-refractivity contribution in [3.05, 3.63) is 0 Å². The molecule has 4 unspecified atom stereocenters. The lowest BCUT2D eigenvalue weighted by Gasteiger charge is -2.23. The summed E-state index contributed by atoms with van der Waals surface area (Å²) < 4.78 is 0. The summed E-state index contributed by atoms with van der Waals surface area (Å²) >= 11 is 0. The number of nitrogens with zero attached hydrogens (tertiary/aromatic N) is 1. The highest BCUT2D eigenvalue weighted by atomic mass is 16.2. The number of hydrogen-bond acceptors (Lipinski definition) is 2. The molecular weight excluding hydrogens is 200 g/mol. The van der Waals surface area contributed by atoms with Gasteiger partial charge in [0.1, 0.15) is 0 Å². The van der Waals surface area contributed by atoms with Crippen molar-refractivity contribution < 1.29 is 4.79 Å². The molecule has 92 valence electrons. The van der Waals surface area contributed by atoms with Crippen molar-refractivity contribution in [2.45, 2.75) is 65.2 Å². The van der Waals surface area contributed by atoms with E-state index < -0.39 is 0 Å². The van der Waals surface area contributed by atoms with Gasteiger partial charge in [-0.1, -0.05) is 27.7 Å². The lowest BCUT2D eigenvalue weighted by Crippen LogP contribution is -2.39. The van der Waals surface area contributed by atoms with Gasteiger partial charge in [-0.15, -0.1) is 0 Å². The molecular formula is C13H24N2O. The largest absolute Gasteiger partial charge is 0.323 e. The van der Waals surface area contributed by atoms with Crippen molar-refractivity contribution in [3.8, 4) is 0 Å². The summed E-state index contributed by atoms with van der Waals surface area (Å²) in [4.78, 5) is 14.4. The monoisotopic (exact) mass is 224 g/mol. The molecule has 1 saturated heterocycles. The fourth-order valence-corrected chi connectivity index (χ4v) is 2.76. The third-order valence-electron chi connectivity index (χ3n) is 3.80. The van der Waals surface area contributed by atoms with E-state index in [1.807, 2.05) is 0 Å². The van der Waals surface area contributed by atoms with E-state index in [0.717, 1.165) is 12.8 Å². The molecule has 16 heavy (non-hydrogen) atoms. The maximum atomic E-state index is 12.3. The third-order valence-corrected chi connectivity index (χ3v) is 3.80. The molecule has 0 aromatic heterocycles. The van der Waals surface area contributed by atoms with Crippen molar-refractivity contribution in [2.75, 3.05) is 0 Å². The molecule has 1 heterocycles. The molecule has 1 aliphatic carbocycles. The van der Waals surface area contributed by atoms with Gasteiger partial charge in [0.15, 0.2) is 0 Å². The first-order valence-electron chi connectivity index (χ1n) is 6.62. The molecule has 2 rings (SSSR count). The van der Waals surface area contributed by atoms with E-state index >= 15 is 0 Å². The lowest BCUT2D eigenvalue weighted by atomic mass is 10.0. The van der Waals surface area contributed by atoms with Crippen molar-refractivity contribution in [1.29, 1.82) is 0 Å². The van der Waals surface area contributed by atoms with Gasteiger partial charge in [0.25, 0.3) is 0 Å². The van der Waals surface area contributed by atoms with Gasteiger partial charge in [0.2, 0.25) is 5.91 Å². The maximum Gasteiger partial charge on any atom is 0.241 e. The Hall–Kier alpha value is -0.570. The fourth-order valence-electron chi connectivity index (χ4n) is 2.76. The van der Waals surface area contributed by atoms with Crippen molar-refractivity contribution in [2.24, 2.45) is 11.8 Å². The number of amides is 1. The van der Waals surface area contributed by atoms with Gasteiger partial charge in [0, 0.05) is 6.04 Å². The van der Waals surface area contributed by atoms with Crippen LogP contribution in [-0.2, 0) is 4.79 Å². The summed E-state index contributed by atoms with van der Waals surface area (Å²) in [7, 11) is 0. The third kappa shape index (κ3) is 2.10. The molecule has 1 saturated carbocycles. The molecule has 0 spiro atoms. The number of carbonyl (C=O) groups is 1. The number of hydrogen-bond donors (Lipinski definition) is 1. The molecule has 0 radical (unpaired) electrons. The summed E-state index contributed by atoms with van der Waals surface area (Å²) in [5.41, 5.74) is 0. The van der Waals surface area contributed by atoms with Crippen LogP contribution in [-0.4, -0.2) is 29.1 Å². The van der Waals surface area contributed by atoms with Gasteiger partial charge in [-0.25, -0.2) is 0 Å². The lowest BCUT2D eigenvalue weighted by molar-refractivity contribution is -0.131. The van der Waals surface area contributed by atoms with Crippen LogP contribution in [0, 0.1) is 11.8 Å². The first kappa shape index (κ1) is 11.9. The average Bonchev–Trinajstić information content (AvgIpc) is 2.83. The smallest absolute Gasteiger partial charge is 0.241 e. The van der Waals surface area contributed by atoms with Gasteiger partial charge >= 0.3 is 0 Å². The number of carbonyl (C=O) groups excluding carboxylic acids is 1. The van der Waals surface area contributed by atoms with E-state index in [-0.39, 0.29) is 12.2 Å². The van der Waals surface area contributed by atoms with Crippen LogP contribution in [0.4, 0.5) is 0 Å². The van der Waals surface area contributed by atoms with Gasteiger partial charge in [-0.3, -0.25) is 10.1 Å². The average molecular weight is 224 g/mol. The van der Waals surface area contributed by atoms with E-state index in [1.165, 1.54) is 6.42 Å². The highest BCUT2D eigenvalue weighted by molar-refractivity contribution is 5.85. The molecule has 3 heteroatoms. The topological polar surface area (TPSA) is 32.3 Å². The van der Waals surface area contributed by atoms with Crippen LogP contribution >= 0.6 is 0 Å².